The van der Waals surface area contributed by atoms with E-state index in [9.17, 15) is 5.11 Å². The standard InChI is InChI=1S/C17H13BrClNO/c18-14-8-7-13(17-12(14)5-3-9-20-17)16(21)10-11-4-1-2-6-15(11)19/h1-9,16,21H,10H2. The maximum Gasteiger partial charge on any atom is 0.0851 e. The number of aliphatic hydroxyl groups is 1. The molecule has 2 aromatic carbocycles. The van der Waals surface area contributed by atoms with Crippen LogP contribution in [0.1, 0.15) is 17.2 Å². The molecule has 0 radical (unpaired) electrons. The predicted octanol–water partition coefficient (Wildman–Crippen LogP) is 4.93. The third-order valence-corrected chi connectivity index (χ3v) is 4.54. The minimum Gasteiger partial charge on any atom is -0.388 e. The van der Waals surface area contributed by atoms with Gasteiger partial charge in [-0.15, -0.1) is 0 Å². The molecule has 2 nitrogen and oxygen atoms in total. The summed E-state index contributed by atoms with van der Waals surface area (Å²) in [4.78, 5) is 4.40. The zero-order valence-electron chi connectivity index (χ0n) is 11.1. The third kappa shape index (κ3) is 2.95. The molecule has 4 heteroatoms. The van der Waals surface area contributed by atoms with Crippen LogP contribution in [-0.2, 0) is 6.42 Å². The smallest absolute Gasteiger partial charge is 0.0851 e. The summed E-state index contributed by atoms with van der Waals surface area (Å²) in [6.07, 6.45) is 1.56. The normalized spacial score (nSPS) is 12.5. The van der Waals surface area contributed by atoms with Gasteiger partial charge in [-0.2, -0.15) is 0 Å². The van der Waals surface area contributed by atoms with Gasteiger partial charge in [0.15, 0.2) is 0 Å². The molecule has 1 atom stereocenters. The van der Waals surface area contributed by atoms with Gasteiger partial charge in [0.25, 0.3) is 0 Å². The number of hydrogen-bond acceptors (Lipinski definition) is 2. The molecule has 1 heterocycles. The second-order valence-electron chi connectivity index (χ2n) is 4.85. The maximum atomic E-state index is 10.6. The molecule has 0 fully saturated rings. The molecule has 0 aliphatic heterocycles. The lowest BCUT2D eigenvalue weighted by Crippen LogP contribution is -2.04. The van der Waals surface area contributed by atoms with Crippen LogP contribution in [0.5, 0.6) is 0 Å². The molecule has 0 aliphatic rings. The van der Waals surface area contributed by atoms with E-state index in [1.165, 1.54) is 0 Å². The summed E-state index contributed by atoms with van der Waals surface area (Å²) in [7, 11) is 0. The summed E-state index contributed by atoms with van der Waals surface area (Å²) < 4.78 is 0.972. The van der Waals surface area contributed by atoms with Gasteiger partial charge in [-0.1, -0.05) is 57.9 Å². The van der Waals surface area contributed by atoms with Crippen molar-refractivity contribution in [2.24, 2.45) is 0 Å². The number of aromatic nitrogens is 1. The second-order valence-corrected chi connectivity index (χ2v) is 6.11. The van der Waals surface area contributed by atoms with E-state index in [0.29, 0.717) is 11.4 Å². The van der Waals surface area contributed by atoms with E-state index < -0.39 is 6.10 Å². The van der Waals surface area contributed by atoms with Crippen molar-refractivity contribution < 1.29 is 5.11 Å². The highest BCUT2D eigenvalue weighted by atomic mass is 79.9. The van der Waals surface area contributed by atoms with E-state index in [4.69, 9.17) is 11.6 Å². The molecule has 1 aromatic heterocycles. The van der Waals surface area contributed by atoms with Gasteiger partial charge in [0.2, 0.25) is 0 Å². The van der Waals surface area contributed by atoms with Crippen molar-refractivity contribution in [3.05, 3.63) is 75.4 Å². The molecule has 1 N–H and O–H groups in total. The Labute approximate surface area is 136 Å². The Morgan fingerprint density at radius 2 is 1.90 bits per heavy atom. The molecule has 0 saturated carbocycles. The Morgan fingerprint density at radius 1 is 1.10 bits per heavy atom. The van der Waals surface area contributed by atoms with E-state index in [0.717, 1.165) is 26.5 Å². The van der Waals surface area contributed by atoms with Crippen LogP contribution in [0, 0.1) is 0 Å². The first-order chi connectivity index (χ1) is 10.2. The average Bonchev–Trinajstić information content (AvgIpc) is 2.50. The fourth-order valence-electron chi connectivity index (χ4n) is 2.41. The topological polar surface area (TPSA) is 33.1 Å². The quantitative estimate of drug-likeness (QED) is 0.717. The molecule has 0 bridgehead atoms. The highest BCUT2D eigenvalue weighted by molar-refractivity contribution is 9.10. The van der Waals surface area contributed by atoms with Crippen LogP contribution in [-0.4, -0.2) is 10.1 Å². The molecular weight excluding hydrogens is 350 g/mol. The highest BCUT2D eigenvalue weighted by Gasteiger charge is 2.15. The lowest BCUT2D eigenvalue weighted by Gasteiger charge is -2.14. The molecular formula is C17H13BrClNO. The summed E-state index contributed by atoms with van der Waals surface area (Å²) >= 11 is 9.68. The van der Waals surface area contributed by atoms with Gasteiger partial charge >= 0.3 is 0 Å². The highest BCUT2D eigenvalue weighted by Crippen LogP contribution is 2.31. The summed E-state index contributed by atoms with van der Waals surface area (Å²) in [5, 5.41) is 12.2. The minimum atomic E-state index is -0.643. The molecule has 1 unspecified atom stereocenters. The van der Waals surface area contributed by atoms with Crippen LogP contribution >= 0.6 is 27.5 Å². The number of halogens is 2. The van der Waals surface area contributed by atoms with Gasteiger partial charge < -0.3 is 5.11 Å². The predicted molar refractivity (Wildman–Crippen MR) is 89.6 cm³/mol. The number of pyridine rings is 1. The van der Waals surface area contributed by atoms with Crippen molar-refractivity contribution in [3.63, 3.8) is 0 Å². The molecule has 0 aliphatic carbocycles. The Bertz CT molecular complexity index is 791. The Morgan fingerprint density at radius 3 is 2.71 bits per heavy atom. The van der Waals surface area contributed by atoms with Gasteiger partial charge in [-0.05, 0) is 23.8 Å². The van der Waals surface area contributed by atoms with Crippen molar-refractivity contribution in [3.8, 4) is 0 Å². The minimum absolute atomic E-state index is 0.465. The first kappa shape index (κ1) is 14.5. The maximum absolute atomic E-state index is 10.6. The zero-order chi connectivity index (χ0) is 14.8. The molecule has 3 aromatic rings. The van der Waals surface area contributed by atoms with Crippen LogP contribution in [0.4, 0.5) is 0 Å². The second kappa shape index (κ2) is 6.14. The molecule has 0 spiro atoms. The first-order valence-corrected chi connectivity index (χ1v) is 7.78. The number of aliphatic hydroxyl groups excluding tert-OH is 1. The zero-order valence-corrected chi connectivity index (χ0v) is 13.5. The van der Waals surface area contributed by atoms with Gasteiger partial charge in [-0.3, -0.25) is 4.98 Å². The van der Waals surface area contributed by atoms with Gasteiger partial charge in [0.1, 0.15) is 0 Å². The number of hydrogen-bond donors (Lipinski definition) is 1. The van der Waals surface area contributed by atoms with E-state index >= 15 is 0 Å². The Hall–Kier alpha value is -1.42. The molecule has 106 valence electrons. The number of benzene rings is 2. The average molecular weight is 363 g/mol. The van der Waals surface area contributed by atoms with Crippen molar-refractivity contribution in [2.75, 3.05) is 0 Å². The van der Waals surface area contributed by atoms with Gasteiger partial charge in [0, 0.05) is 33.1 Å². The van der Waals surface area contributed by atoms with Gasteiger partial charge in [-0.25, -0.2) is 0 Å². The molecule has 0 amide bonds. The van der Waals surface area contributed by atoms with E-state index in [2.05, 4.69) is 20.9 Å². The lowest BCUT2D eigenvalue weighted by atomic mass is 9.99. The lowest BCUT2D eigenvalue weighted by molar-refractivity contribution is 0.180. The summed E-state index contributed by atoms with van der Waals surface area (Å²) in [6.45, 7) is 0. The Balaban J connectivity index is 2.01. The Kier molecular flexibility index (Phi) is 4.24. The molecule has 3 rings (SSSR count). The largest absolute Gasteiger partial charge is 0.388 e. The summed E-state index contributed by atoms with van der Waals surface area (Å²) in [6, 6.07) is 15.3. The number of fused-ring (bicyclic) bond motifs is 1. The van der Waals surface area contributed by atoms with Crippen LogP contribution < -0.4 is 0 Å². The van der Waals surface area contributed by atoms with Gasteiger partial charge in [0.05, 0.1) is 11.6 Å². The fraction of sp³-hybridized carbons (Fsp3) is 0.118. The molecule has 0 saturated heterocycles. The SMILES string of the molecule is OC(Cc1ccccc1Cl)c1ccc(Br)c2cccnc12. The van der Waals surface area contributed by atoms with Crippen molar-refractivity contribution >= 4 is 38.4 Å². The van der Waals surface area contributed by atoms with Crippen LogP contribution in [0.3, 0.4) is 0 Å². The third-order valence-electron chi connectivity index (χ3n) is 3.48. The van der Waals surface area contributed by atoms with Crippen molar-refractivity contribution in [1.29, 1.82) is 0 Å². The van der Waals surface area contributed by atoms with Crippen molar-refractivity contribution in [2.45, 2.75) is 12.5 Å². The first-order valence-electron chi connectivity index (χ1n) is 6.61. The molecule has 21 heavy (non-hydrogen) atoms. The summed E-state index contributed by atoms with van der Waals surface area (Å²) in [5.41, 5.74) is 2.55. The van der Waals surface area contributed by atoms with E-state index in [1.807, 2.05) is 48.5 Å². The number of nitrogens with zero attached hydrogens (tertiary/aromatic N) is 1. The van der Waals surface area contributed by atoms with Crippen LogP contribution in [0.25, 0.3) is 10.9 Å². The monoisotopic (exact) mass is 361 g/mol. The van der Waals surface area contributed by atoms with Crippen LogP contribution in [0.2, 0.25) is 5.02 Å². The summed E-state index contributed by atoms with van der Waals surface area (Å²) in [5.74, 6) is 0. The van der Waals surface area contributed by atoms with E-state index in [1.54, 1.807) is 6.20 Å². The fourth-order valence-corrected chi connectivity index (χ4v) is 3.08. The number of rotatable bonds is 3. The van der Waals surface area contributed by atoms with E-state index in [-0.39, 0.29) is 0 Å². The van der Waals surface area contributed by atoms with Crippen LogP contribution in [0.15, 0.2) is 59.2 Å². The van der Waals surface area contributed by atoms with Crippen molar-refractivity contribution in [1.82, 2.24) is 4.98 Å².